The van der Waals surface area contributed by atoms with Gasteiger partial charge < -0.3 is 20.1 Å². The fourth-order valence-electron chi connectivity index (χ4n) is 5.92. The Morgan fingerprint density at radius 1 is 1.00 bits per heavy atom. The van der Waals surface area contributed by atoms with Gasteiger partial charge in [0.15, 0.2) is 0 Å². The Hall–Kier alpha value is -3.45. The number of hydrogen-bond acceptors (Lipinski definition) is 5. The van der Waals surface area contributed by atoms with E-state index in [9.17, 15) is 9.59 Å². The molecule has 1 saturated carbocycles. The first-order chi connectivity index (χ1) is 18.6. The van der Waals surface area contributed by atoms with Crippen LogP contribution in [0.25, 0.3) is 11.1 Å². The molecule has 208 valence electrons. The van der Waals surface area contributed by atoms with E-state index in [0.29, 0.717) is 23.2 Å². The Kier molecular flexibility index (Phi) is 8.90. The van der Waals surface area contributed by atoms with E-state index < -0.39 is 0 Å². The van der Waals surface area contributed by atoms with Gasteiger partial charge in [-0.25, -0.2) is 0 Å². The Labute approximate surface area is 232 Å². The van der Waals surface area contributed by atoms with Gasteiger partial charge >= 0.3 is 0 Å². The molecule has 0 spiro atoms. The molecular formula is C32H43N5O2. The van der Waals surface area contributed by atoms with Gasteiger partial charge in [-0.05, 0) is 115 Å². The summed E-state index contributed by atoms with van der Waals surface area (Å²) < 4.78 is 0. The van der Waals surface area contributed by atoms with Gasteiger partial charge in [0.05, 0.1) is 0 Å². The van der Waals surface area contributed by atoms with Crippen LogP contribution in [-0.2, 0) is 6.54 Å². The van der Waals surface area contributed by atoms with Gasteiger partial charge in [0.25, 0.3) is 11.5 Å². The second-order valence-corrected chi connectivity index (χ2v) is 11.2. The van der Waals surface area contributed by atoms with Gasteiger partial charge in [-0.3, -0.25) is 14.6 Å². The Bertz CT molecular complexity index is 1370. The summed E-state index contributed by atoms with van der Waals surface area (Å²) in [6.45, 7) is 11.0. The number of nitrogens with zero attached hydrogens (tertiary/aromatic N) is 3. The van der Waals surface area contributed by atoms with Crippen molar-refractivity contribution in [2.45, 2.75) is 78.9 Å². The number of aromatic nitrogens is 2. The normalized spacial score (nSPS) is 17.3. The summed E-state index contributed by atoms with van der Waals surface area (Å²) in [5, 5.41) is 3.03. The lowest BCUT2D eigenvalue weighted by molar-refractivity contribution is 0.0950. The van der Waals surface area contributed by atoms with E-state index in [1.54, 1.807) is 0 Å². The SMILES string of the molecule is CCN(c1cc(-c2ccc(C)nc2)cc(C(=O)NCc2c(C)cc(C)[nH]c2=O)c1C)[C@H]1CC[C@H](N(C)C)CC1. The molecule has 0 atom stereocenters. The Morgan fingerprint density at radius 3 is 2.28 bits per heavy atom. The van der Waals surface area contributed by atoms with Gasteiger partial charge in [-0.1, -0.05) is 6.07 Å². The van der Waals surface area contributed by atoms with Crippen LogP contribution in [0.4, 0.5) is 5.69 Å². The first-order valence-corrected chi connectivity index (χ1v) is 14.1. The number of amides is 1. The van der Waals surface area contributed by atoms with Crippen LogP contribution in [0.5, 0.6) is 0 Å². The van der Waals surface area contributed by atoms with Crippen molar-refractivity contribution >= 4 is 11.6 Å². The molecule has 0 bridgehead atoms. The van der Waals surface area contributed by atoms with Crippen LogP contribution in [-0.4, -0.2) is 53.5 Å². The summed E-state index contributed by atoms with van der Waals surface area (Å²) in [7, 11) is 4.34. The second kappa shape index (κ2) is 12.2. The summed E-state index contributed by atoms with van der Waals surface area (Å²) in [4.78, 5) is 38.4. The van der Waals surface area contributed by atoms with Crippen LogP contribution in [0, 0.1) is 27.7 Å². The number of hydrogen-bond donors (Lipinski definition) is 2. The molecule has 2 aromatic heterocycles. The van der Waals surface area contributed by atoms with Crippen LogP contribution in [0.3, 0.4) is 0 Å². The molecular weight excluding hydrogens is 486 g/mol. The predicted octanol–water partition coefficient (Wildman–Crippen LogP) is 5.30. The molecule has 0 radical (unpaired) electrons. The van der Waals surface area contributed by atoms with Gasteiger partial charge in [0.1, 0.15) is 0 Å². The molecule has 39 heavy (non-hydrogen) atoms. The van der Waals surface area contributed by atoms with E-state index in [1.165, 1.54) is 12.8 Å². The third kappa shape index (κ3) is 6.41. The molecule has 1 aliphatic rings. The first kappa shape index (κ1) is 28.6. The average Bonchev–Trinajstić information content (AvgIpc) is 2.90. The molecule has 1 aliphatic carbocycles. The molecule has 2 N–H and O–H groups in total. The fraction of sp³-hybridized carbons (Fsp3) is 0.469. The molecule has 1 aromatic carbocycles. The minimum absolute atomic E-state index is 0.157. The van der Waals surface area contributed by atoms with Crippen LogP contribution in [0.2, 0.25) is 0 Å². The van der Waals surface area contributed by atoms with E-state index in [-0.39, 0.29) is 18.0 Å². The third-order valence-corrected chi connectivity index (χ3v) is 8.28. The fourth-order valence-corrected chi connectivity index (χ4v) is 5.92. The summed E-state index contributed by atoms with van der Waals surface area (Å²) in [6, 6.07) is 11.2. The number of carbonyl (C=O) groups is 1. The quantitative estimate of drug-likeness (QED) is 0.414. The number of rotatable bonds is 8. The highest BCUT2D eigenvalue weighted by Crippen LogP contribution is 2.35. The minimum Gasteiger partial charge on any atom is -0.369 e. The van der Waals surface area contributed by atoms with E-state index in [0.717, 1.165) is 58.7 Å². The van der Waals surface area contributed by atoms with Crippen molar-refractivity contribution in [2.75, 3.05) is 25.5 Å². The van der Waals surface area contributed by atoms with E-state index >= 15 is 0 Å². The highest BCUT2D eigenvalue weighted by Gasteiger charge is 2.28. The van der Waals surface area contributed by atoms with Crippen LogP contribution < -0.4 is 15.8 Å². The zero-order valence-electron chi connectivity index (χ0n) is 24.5. The highest BCUT2D eigenvalue weighted by atomic mass is 16.1. The van der Waals surface area contributed by atoms with Crippen molar-refractivity contribution in [1.82, 2.24) is 20.2 Å². The number of pyridine rings is 2. The summed E-state index contributed by atoms with van der Waals surface area (Å²) in [6.07, 6.45) is 6.48. The molecule has 1 amide bonds. The molecule has 0 unspecified atom stereocenters. The zero-order chi connectivity index (χ0) is 28.3. The molecule has 7 nitrogen and oxygen atoms in total. The van der Waals surface area contributed by atoms with E-state index in [1.807, 2.05) is 52.1 Å². The minimum atomic E-state index is -0.178. The maximum atomic E-state index is 13.7. The van der Waals surface area contributed by atoms with E-state index in [2.05, 4.69) is 58.2 Å². The maximum Gasteiger partial charge on any atom is 0.253 e. The highest BCUT2D eigenvalue weighted by molar-refractivity contribution is 5.99. The lowest BCUT2D eigenvalue weighted by Gasteiger charge is -2.40. The van der Waals surface area contributed by atoms with Gasteiger partial charge in [-0.2, -0.15) is 0 Å². The Balaban J connectivity index is 1.70. The van der Waals surface area contributed by atoms with Gasteiger partial charge in [0, 0.05) is 65.1 Å². The number of carbonyl (C=O) groups excluding carboxylic acids is 1. The number of aromatic amines is 1. The molecule has 4 rings (SSSR count). The third-order valence-electron chi connectivity index (χ3n) is 8.28. The van der Waals surface area contributed by atoms with E-state index in [4.69, 9.17) is 0 Å². The van der Waals surface area contributed by atoms with Crippen molar-refractivity contribution in [3.63, 3.8) is 0 Å². The van der Waals surface area contributed by atoms with Gasteiger partial charge in [-0.15, -0.1) is 0 Å². The monoisotopic (exact) mass is 529 g/mol. The molecule has 0 saturated heterocycles. The summed E-state index contributed by atoms with van der Waals surface area (Å²) in [5.74, 6) is -0.178. The summed E-state index contributed by atoms with van der Waals surface area (Å²) >= 11 is 0. The lowest BCUT2D eigenvalue weighted by Crippen LogP contribution is -2.42. The number of benzene rings is 1. The van der Waals surface area contributed by atoms with Gasteiger partial charge in [0.2, 0.25) is 0 Å². The maximum absolute atomic E-state index is 13.7. The number of nitrogens with one attached hydrogen (secondary N) is 2. The second-order valence-electron chi connectivity index (χ2n) is 11.2. The molecule has 7 heteroatoms. The van der Waals surface area contributed by atoms with Crippen molar-refractivity contribution in [1.29, 1.82) is 0 Å². The topological polar surface area (TPSA) is 81.3 Å². The number of H-pyrrole nitrogens is 1. The van der Waals surface area contributed by atoms with Crippen molar-refractivity contribution in [3.8, 4) is 11.1 Å². The molecule has 1 fully saturated rings. The van der Waals surface area contributed by atoms with Crippen molar-refractivity contribution in [3.05, 3.63) is 80.5 Å². The predicted molar refractivity (Wildman–Crippen MR) is 160 cm³/mol. The molecule has 3 aromatic rings. The van der Waals surface area contributed by atoms with Crippen LogP contribution >= 0.6 is 0 Å². The standard InChI is InChI=1S/C32H43N5O2/c1-8-37(27-13-11-26(12-14-27)36(6)7)30-17-25(24-10-9-21(3)33-18-24)16-28(23(30)5)31(38)34-19-29-20(2)15-22(4)35-32(29)39/h9-10,15-18,26-27H,8,11-14,19H2,1-7H3,(H,34,38)(H,35,39)/t26-,27-. The van der Waals surface area contributed by atoms with Crippen LogP contribution in [0.1, 0.15) is 71.0 Å². The largest absolute Gasteiger partial charge is 0.369 e. The molecule has 2 heterocycles. The van der Waals surface area contributed by atoms with Crippen molar-refractivity contribution < 1.29 is 4.79 Å². The van der Waals surface area contributed by atoms with Crippen LogP contribution in [0.15, 0.2) is 41.3 Å². The zero-order valence-corrected chi connectivity index (χ0v) is 24.5. The number of aryl methyl sites for hydroxylation is 3. The Morgan fingerprint density at radius 2 is 1.69 bits per heavy atom. The average molecular weight is 530 g/mol. The first-order valence-electron chi connectivity index (χ1n) is 14.1. The molecule has 0 aliphatic heterocycles. The lowest BCUT2D eigenvalue weighted by atomic mass is 9.88. The smallest absolute Gasteiger partial charge is 0.253 e. The summed E-state index contributed by atoms with van der Waals surface area (Å²) in [5.41, 5.74) is 7.70. The van der Waals surface area contributed by atoms with Crippen molar-refractivity contribution in [2.24, 2.45) is 0 Å². The number of anilines is 1.